The van der Waals surface area contributed by atoms with Gasteiger partial charge in [-0.15, -0.1) is 0 Å². The highest BCUT2D eigenvalue weighted by molar-refractivity contribution is 9.10. The molecule has 2 saturated heterocycles. The molecule has 3 nitrogen and oxygen atoms in total. The van der Waals surface area contributed by atoms with Gasteiger partial charge in [-0.25, -0.2) is 4.39 Å². The molecule has 110 valence electrons. The number of morpholine rings is 1. The van der Waals surface area contributed by atoms with Gasteiger partial charge in [-0.2, -0.15) is 0 Å². The molecule has 0 amide bonds. The van der Waals surface area contributed by atoms with Crippen LogP contribution in [0.2, 0.25) is 0 Å². The Bertz CT molecular complexity index is 465. The Morgan fingerprint density at radius 1 is 1.25 bits per heavy atom. The molecular weight excluding hydrogens is 323 g/mol. The number of hydrogen-bond acceptors (Lipinski definition) is 3. The predicted octanol–water partition coefficient (Wildman–Crippen LogP) is 2.49. The van der Waals surface area contributed by atoms with Crippen LogP contribution in [0.1, 0.15) is 12.0 Å². The summed E-state index contributed by atoms with van der Waals surface area (Å²) >= 11 is 3.45. The maximum absolute atomic E-state index is 13.1. The van der Waals surface area contributed by atoms with E-state index in [9.17, 15) is 4.39 Å². The van der Waals surface area contributed by atoms with Crippen LogP contribution in [0.5, 0.6) is 0 Å². The van der Waals surface area contributed by atoms with Gasteiger partial charge in [-0.1, -0.05) is 22.0 Å². The number of ether oxygens (including phenoxy) is 1. The summed E-state index contributed by atoms with van der Waals surface area (Å²) in [4.78, 5) is 5.00. The Morgan fingerprint density at radius 2 is 2.05 bits per heavy atom. The Labute approximate surface area is 127 Å². The summed E-state index contributed by atoms with van der Waals surface area (Å²) in [6.45, 7) is 6.94. The van der Waals surface area contributed by atoms with E-state index < -0.39 is 0 Å². The third kappa shape index (κ3) is 3.39. The first-order valence-corrected chi connectivity index (χ1v) is 8.00. The van der Waals surface area contributed by atoms with Crippen molar-refractivity contribution < 1.29 is 9.13 Å². The van der Waals surface area contributed by atoms with E-state index in [0.29, 0.717) is 6.04 Å². The summed E-state index contributed by atoms with van der Waals surface area (Å²) in [5.41, 5.74) is 1.16. The van der Waals surface area contributed by atoms with Gasteiger partial charge in [0.25, 0.3) is 0 Å². The highest BCUT2D eigenvalue weighted by atomic mass is 79.9. The van der Waals surface area contributed by atoms with E-state index >= 15 is 0 Å². The third-order valence-corrected chi connectivity index (χ3v) is 4.96. The minimum Gasteiger partial charge on any atom is -0.379 e. The lowest BCUT2D eigenvalue weighted by Gasteiger charge is -2.32. The lowest BCUT2D eigenvalue weighted by atomic mass is 10.2. The molecule has 5 heteroatoms. The molecule has 0 radical (unpaired) electrons. The number of likely N-dealkylation sites (tertiary alicyclic amines) is 1. The topological polar surface area (TPSA) is 15.7 Å². The fourth-order valence-corrected chi connectivity index (χ4v) is 3.56. The van der Waals surface area contributed by atoms with E-state index in [-0.39, 0.29) is 5.82 Å². The summed E-state index contributed by atoms with van der Waals surface area (Å²) < 4.78 is 19.4. The van der Waals surface area contributed by atoms with E-state index in [1.165, 1.54) is 12.5 Å². The standard InChI is InChI=1S/C15H20BrFN2O/c16-15-9-13(17)2-1-12(15)10-18-4-3-14(11-18)19-5-7-20-8-6-19/h1-2,9,14H,3-8,10-11H2. The first-order valence-electron chi connectivity index (χ1n) is 7.20. The van der Waals surface area contributed by atoms with Gasteiger partial charge in [0.2, 0.25) is 0 Å². The highest BCUT2D eigenvalue weighted by Crippen LogP contribution is 2.23. The second-order valence-corrected chi connectivity index (χ2v) is 6.42. The van der Waals surface area contributed by atoms with Crippen LogP contribution < -0.4 is 0 Å². The lowest BCUT2D eigenvalue weighted by molar-refractivity contribution is 0.0184. The van der Waals surface area contributed by atoms with Crippen molar-refractivity contribution in [1.82, 2.24) is 9.80 Å². The number of hydrogen-bond donors (Lipinski definition) is 0. The smallest absolute Gasteiger partial charge is 0.124 e. The van der Waals surface area contributed by atoms with Gasteiger partial charge in [-0.05, 0) is 24.1 Å². The van der Waals surface area contributed by atoms with Crippen molar-refractivity contribution in [3.8, 4) is 0 Å². The fraction of sp³-hybridized carbons (Fsp3) is 0.600. The van der Waals surface area contributed by atoms with Gasteiger partial charge in [0.1, 0.15) is 5.82 Å². The van der Waals surface area contributed by atoms with Crippen molar-refractivity contribution >= 4 is 15.9 Å². The van der Waals surface area contributed by atoms with Crippen LogP contribution in [-0.4, -0.2) is 55.2 Å². The molecule has 2 heterocycles. The van der Waals surface area contributed by atoms with Crippen molar-refractivity contribution in [2.75, 3.05) is 39.4 Å². The summed E-state index contributed by atoms with van der Waals surface area (Å²) in [6, 6.07) is 5.61. The second-order valence-electron chi connectivity index (χ2n) is 5.56. The third-order valence-electron chi connectivity index (χ3n) is 4.22. The largest absolute Gasteiger partial charge is 0.379 e. The van der Waals surface area contributed by atoms with Crippen LogP contribution in [0.25, 0.3) is 0 Å². The molecule has 1 unspecified atom stereocenters. The maximum Gasteiger partial charge on any atom is 0.124 e. The van der Waals surface area contributed by atoms with E-state index in [1.807, 2.05) is 6.07 Å². The van der Waals surface area contributed by atoms with Gasteiger partial charge < -0.3 is 4.74 Å². The molecule has 0 N–H and O–H groups in total. The van der Waals surface area contributed by atoms with Gasteiger partial charge in [0.15, 0.2) is 0 Å². The molecule has 1 aromatic carbocycles. The zero-order valence-electron chi connectivity index (χ0n) is 11.5. The Kier molecular flexibility index (Phi) is 4.71. The summed E-state index contributed by atoms with van der Waals surface area (Å²) in [6.07, 6.45) is 1.22. The molecule has 0 bridgehead atoms. The average Bonchev–Trinajstić information content (AvgIpc) is 2.92. The Balaban J connectivity index is 1.57. The molecule has 0 spiro atoms. The van der Waals surface area contributed by atoms with Crippen LogP contribution >= 0.6 is 15.9 Å². The normalized spacial score (nSPS) is 25.2. The molecule has 2 fully saturated rings. The molecule has 2 aliphatic heterocycles. The molecule has 1 aromatic rings. The predicted molar refractivity (Wildman–Crippen MR) is 80.2 cm³/mol. The quantitative estimate of drug-likeness (QED) is 0.839. The van der Waals surface area contributed by atoms with Crippen LogP contribution in [0, 0.1) is 5.82 Å². The SMILES string of the molecule is Fc1ccc(CN2CCC(N3CCOCC3)C2)c(Br)c1. The zero-order chi connectivity index (χ0) is 13.9. The monoisotopic (exact) mass is 342 g/mol. The number of halogens is 2. The highest BCUT2D eigenvalue weighted by Gasteiger charge is 2.28. The van der Waals surface area contributed by atoms with Crippen molar-refractivity contribution in [1.29, 1.82) is 0 Å². The molecule has 0 saturated carbocycles. The van der Waals surface area contributed by atoms with Gasteiger partial charge >= 0.3 is 0 Å². The zero-order valence-corrected chi connectivity index (χ0v) is 13.1. The number of benzene rings is 1. The first kappa shape index (κ1) is 14.4. The summed E-state index contributed by atoms with van der Waals surface area (Å²) in [5.74, 6) is -0.187. The number of rotatable bonds is 3. The number of nitrogens with zero attached hydrogens (tertiary/aromatic N) is 2. The van der Waals surface area contributed by atoms with Crippen LogP contribution in [-0.2, 0) is 11.3 Å². The minimum absolute atomic E-state index is 0.187. The van der Waals surface area contributed by atoms with E-state index in [0.717, 1.165) is 56.0 Å². The van der Waals surface area contributed by atoms with Crippen molar-refractivity contribution in [3.63, 3.8) is 0 Å². The summed E-state index contributed by atoms with van der Waals surface area (Å²) in [5, 5.41) is 0. The van der Waals surface area contributed by atoms with E-state index in [2.05, 4.69) is 25.7 Å². The molecule has 1 atom stereocenters. The van der Waals surface area contributed by atoms with Crippen molar-refractivity contribution in [3.05, 3.63) is 34.1 Å². The average molecular weight is 343 g/mol. The molecule has 20 heavy (non-hydrogen) atoms. The fourth-order valence-electron chi connectivity index (χ4n) is 3.09. The van der Waals surface area contributed by atoms with Crippen molar-refractivity contribution in [2.45, 2.75) is 19.0 Å². The summed E-state index contributed by atoms with van der Waals surface area (Å²) in [7, 11) is 0. The van der Waals surface area contributed by atoms with Crippen LogP contribution in [0.4, 0.5) is 4.39 Å². The lowest BCUT2D eigenvalue weighted by Crippen LogP contribution is -2.44. The first-order chi connectivity index (χ1) is 9.72. The molecule has 3 rings (SSSR count). The molecular formula is C15H20BrFN2O. The molecule has 0 aromatic heterocycles. The van der Waals surface area contributed by atoms with Crippen LogP contribution in [0.3, 0.4) is 0 Å². The van der Waals surface area contributed by atoms with Gasteiger partial charge in [0.05, 0.1) is 13.2 Å². The maximum atomic E-state index is 13.1. The van der Waals surface area contributed by atoms with E-state index in [4.69, 9.17) is 4.74 Å². The second kappa shape index (κ2) is 6.52. The molecule has 2 aliphatic rings. The molecule has 0 aliphatic carbocycles. The minimum atomic E-state index is -0.187. The van der Waals surface area contributed by atoms with Crippen LogP contribution in [0.15, 0.2) is 22.7 Å². The van der Waals surface area contributed by atoms with Gasteiger partial charge in [-0.3, -0.25) is 9.80 Å². The van der Waals surface area contributed by atoms with E-state index in [1.54, 1.807) is 6.07 Å². The Morgan fingerprint density at radius 3 is 2.80 bits per heavy atom. The van der Waals surface area contributed by atoms with Crippen molar-refractivity contribution in [2.24, 2.45) is 0 Å². The Hall–Kier alpha value is -0.490. The van der Waals surface area contributed by atoms with Gasteiger partial charge in [0, 0.05) is 43.2 Å².